The van der Waals surface area contributed by atoms with Gasteiger partial charge in [0.05, 0.1) is 31.1 Å². The first-order valence-electron chi connectivity index (χ1n) is 7.58. The normalized spacial score (nSPS) is 16.0. The monoisotopic (exact) mass is 380 g/mol. The standard InChI is InChI=1S/C17H19NO5S2/c1-10(2)9-23-12-5-4-11(6-13(12)22-3)7-14-16(21)18(8-15(19)20)17(24)25-14/h4-7,10H,8-9H2,1-3H3,(H,19,20)/p-1/b14-7-. The number of methoxy groups -OCH3 is 1. The number of aliphatic carboxylic acids is 1. The molecule has 1 fully saturated rings. The molecule has 0 aliphatic carbocycles. The smallest absolute Gasteiger partial charge is 0.266 e. The number of benzene rings is 1. The molecule has 0 aromatic heterocycles. The Morgan fingerprint density at radius 2 is 2.12 bits per heavy atom. The number of nitrogens with zero attached hydrogens (tertiary/aromatic N) is 1. The maximum atomic E-state index is 12.3. The fraction of sp³-hybridized carbons (Fsp3) is 0.353. The van der Waals surface area contributed by atoms with Crippen LogP contribution in [0.4, 0.5) is 0 Å². The van der Waals surface area contributed by atoms with Crippen LogP contribution in [0.1, 0.15) is 19.4 Å². The number of carbonyl (C=O) groups is 2. The summed E-state index contributed by atoms with van der Waals surface area (Å²) in [5.74, 6) is -0.239. The molecule has 6 nitrogen and oxygen atoms in total. The third-order valence-electron chi connectivity index (χ3n) is 3.22. The summed E-state index contributed by atoms with van der Waals surface area (Å²) in [7, 11) is 1.54. The van der Waals surface area contributed by atoms with Gasteiger partial charge in [0.2, 0.25) is 0 Å². The second-order valence-electron chi connectivity index (χ2n) is 5.76. The zero-order valence-electron chi connectivity index (χ0n) is 14.1. The van der Waals surface area contributed by atoms with Crippen LogP contribution in [0.15, 0.2) is 23.1 Å². The Balaban J connectivity index is 2.22. The molecule has 1 heterocycles. The molecule has 1 aliphatic rings. The average Bonchev–Trinajstić information content (AvgIpc) is 2.80. The molecule has 0 unspecified atom stereocenters. The van der Waals surface area contributed by atoms with Gasteiger partial charge in [-0.3, -0.25) is 9.69 Å². The van der Waals surface area contributed by atoms with Crippen molar-refractivity contribution in [1.82, 2.24) is 4.90 Å². The van der Waals surface area contributed by atoms with Crippen molar-refractivity contribution in [1.29, 1.82) is 0 Å². The Morgan fingerprint density at radius 3 is 2.72 bits per heavy atom. The Kier molecular flexibility index (Phi) is 6.44. The van der Waals surface area contributed by atoms with E-state index in [1.54, 1.807) is 31.4 Å². The van der Waals surface area contributed by atoms with Gasteiger partial charge in [-0.05, 0) is 29.7 Å². The van der Waals surface area contributed by atoms with E-state index in [2.05, 4.69) is 13.8 Å². The lowest BCUT2D eigenvalue weighted by Crippen LogP contribution is -2.40. The summed E-state index contributed by atoms with van der Waals surface area (Å²) in [4.78, 5) is 24.3. The van der Waals surface area contributed by atoms with Crippen LogP contribution < -0.4 is 14.6 Å². The molecular formula is C17H18NO5S2-. The van der Waals surface area contributed by atoms with Crippen LogP contribution in [-0.4, -0.2) is 41.4 Å². The molecule has 1 saturated heterocycles. The summed E-state index contributed by atoms with van der Waals surface area (Å²) >= 11 is 6.11. The van der Waals surface area contributed by atoms with Crippen molar-refractivity contribution in [2.45, 2.75) is 13.8 Å². The van der Waals surface area contributed by atoms with E-state index in [0.29, 0.717) is 28.9 Å². The van der Waals surface area contributed by atoms with Gasteiger partial charge in [0, 0.05) is 0 Å². The minimum Gasteiger partial charge on any atom is -0.548 e. The van der Waals surface area contributed by atoms with E-state index in [9.17, 15) is 14.7 Å². The molecule has 134 valence electrons. The molecule has 1 aromatic carbocycles. The van der Waals surface area contributed by atoms with E-state index < -0.39 is 18.4 Å². The van der Waals surface area contributed by atoms with Crippen LogP contribution >= 0.6 is 24.0 Å². The molecule has 8 heteroatoms. The van der Waals surface area contributed by atoms with Crippen molar-refractivity contribution in [2.24, 2.45) is 5.92 Å². The SMILES string of the molecule is COc1cc(/C=C2\SC(=S)N(CC(=O)[O-])C2=O)ccc1OCC(C)C. The Bertz CT molecular complexity index is 730. The van der Waals surface area contributed by atoms with Crippen molar-refractivity contribution in [2.75, 3.05) is 20.3 Å². The molecule has 1 aliphatic heterocycles. The predicted molar refractivity (Wildman–Crippen MR) is 98.2 cm³/mol. The second-order valence-corrected chi connectivity index (χ2v) is 7.43. The highest BCUT2D eigenvalue weighted by molar-refractivity contribution is 8.26. The van der Waals surface area contributed by atoms with Crippen molar-refractivity contribution < 1.29 is 24.2 Å². The summed E-state index contributed by atoms with van der Waals surface area (Å²) in [6, 6.07) is 5.32. The van der Waals surface area contributed by atoms with Crippen molar-refractivity contribution in [3.63, 3.8) is 0 Å². The number of rotatable bonds is 7. The fourth-order valence-electron chi connectivity index (χ4n) is 2.07. The number of thioether (sulfide) groups is 1. The fourth-order valence-corrected chi connectivity index (χ4v) is 3.32. The van der Waals surface area contributed by atoms with E-state index >= 15 is 0 Å². The third-order valence-corrected chi connectivity index (χ3v) is 4.60. The maximum absolute atomic E-state index is 12.3. The minimum absolute atomic E-state index is 0.198. The Morgan fingerprint density at radius 1 is 1.40 bits per heavy atom. The lowest BCUT2D eigenvalue weighted by molar-refractivity contribution is -0.305. The van der Waals surface area contributed by atoms with E-state index in [1.165, 1.54) is 0 Å². The molecule has 0 atom stereocenters. The number of hydrogen-bond donors (Lipinski definition) is 0. The third kappa shape index (κ3) is 4.96. The summed E-state index contributed by atoms with van der Waals surface area (Å²) in [5, 5.41) is 10.7. The highest BCUT2D eigenvalue weighted by atomic mass is 32.2. The van der Waals surface area contributed by atoms with Crippen LogP contribution in [0.25, 0.3) is 6.08 Å². The zero-order valence-corrected chi connectivity index (χ0v) is 15.7. The number of carboxylic acid groups (broad SMARTS) is 1. The quantitative estimate of drug-likeness (QED) is 0.526. The maximum Gasteiger partial charge on any atom is 0.266 e. The largest absolute Gasteiger partial charge is 0.548 e. The van der Waals surface area contributed by atoms with Crippen LogP contribution in [0.2, 0.25) is 0 Å². The first-order chi connectivity index (χ1) is 11.8. The number of thiocarbonyl (C=S) groups is 1. The minimum atomic E-state index is -1.36. The van der Waals surface area contributed by atoms with Gasteiger partial charge >= 0.3 is 0 Å². The van der Waals surface area contributed by atoms with Crippen LogP contribution in [0.5, 0.6) is 11.5 Å². The molecule has 1 aromatic rings. The van der Waals surface area contributed by atoms with Gasteiger partial charge in [0.25, 0.3) is 5.91 Å². The number of hydrogen-bond acceptors (Lipinski definition) is 7. The van der Waals surface area contributed by atoms with Gasteiger partial charge in [0.1, 0.15) is 4.32 Å². The lowest BCUT2D eigenvalue weighted by Gasteiger charge is -2.14. The highest BCUT2D eigenvalue weighted by Gasteiger charge is 2.31. The van der Waals surface area contributed by atoms with Gasteiger partial charge in [-0.15, -0.1) is 0 Å². The Hall–Kier alpha value is -2.06. The van der Waals surface area contributed by atoms with Gasteiger partial charge in [-0.2, -0.15) is 0 Å². The van der Waals surface area contributed by atoms with E-state index in [1.807, 2.05) is 0 Å². The number of carbonyl (C=O) groups excluding carboxylic acids is 2. The molecule has 25 heavy (non-hydrogen) atoms. The molecule has 1 amide bonds. The number of carboxylic acids is 1. The highest BCUT2D eigenvalue weighted by Crippen LogP contribution is 2.34. The van der Waals surface area contributed by atoms with Crippen molar-refractivity contribution in [3.05, 3.63) is 28.7 Å². The van der Waals surface area contributed by atoms with E-state index in [-0.39, 0.29) is 4.32 Å². The summed E-state index contributed by atoms with van der Waals surface area (Å²) < 4.78 is 11.2. The molecule has 0 spiro atoms. The molecule has 2 rings (SSSR count). The molecule has 0 radical (unpaired) electrons. The topological polar surface area (TPSA) is 78.9 Å². The summed E-state index contributed by atoms with van der Waals surface area (Å²) in [5.41, 5.74) is 0.725. The summed E-state index contributed by atoms with van der Waals surface area (Å²) in [6.07, 6.45) is 1.64. The average molecular weight is 380 g/mol. The van der Waals surface area contributed by atoms with E-state index in [0.717, 1.165) is 22.2 Å². The zero-order chi connectivity index (χ0) is 18.6. The molecule has 0 N–H and O–H groups in total. The predicted octanol–water partition coefficient (Wildman–Crippen LogP) is 1.68. The van der Waals surface area contributed by atoms with Gasteiger partial charge in [0.15, 0.2) is 11.5 Å². The number of ether oxygens (including phenoxy) is 2. The first-order valence-corrected chi connectivity index (χ1v) is 8.80. The van der Waals surface area contributed by atoms with Crippen LogP contribution in [0, 0.1) is 5.92 Å². The van der Waals surface area contributed by atoms with Crippen molar-refractivity contribution in [3.8, 4) is 11.5 Å². The van der Waals surface area contributed by atoms with Crippen LogP contribution in [-0.2, 0) is 9.59 Å². The van der Waals surface area contributed by atoms with Gasteiger partial charge in [-0.25, -0.2) is 0 Å². The lowest BCUT2D eigenvalue weighted by atomic mass is 10.1. The van der Waals surface area contributed by atoms with Crippen LogP contribution in [0.3, 0.4) is 0 Å². The first kappa shape index (κ1) is 19.3. The summed E-state index contributed by atoms with van der Waals surface area (Å²) in [6.45, 7) is 4.12. The second kappa shape index (κ2) is 8.35. The number of amides is 1. The van der Waals surface area contributed by atoms with Crippen molar-refractivity contribution >= 4 is 46.3 Å². The van der Waals surface area contributed by atoms with Gasteiger partial charge < -0.3 is 19.4 Å². The molecule has 0 bridgehead atoms. The Labute approximate surface area is 155 Å². The molecule has 0 saturated carbocycles. The molecular weight excluding hydrogens is 362 g/mol. The van der Waals surface area contributed by atoms with Gasteiger partial charge in [-0.1, -0.05) is 43.9 Å². The van der Waals surface area contributed by atoms with E-state index in [4.69, 9.17) is 21.7 Å².